The van der Waals surface area contributed by atoms with E-state index in [4.69, 9.17) is 35.6 Å². The minimum atomic E-state index is -1.62. The van der Waals surface area contributed by atoms with Crippen LogP contribution in [0.2, 0.25) is 0 Å². The van der Waals surface area contributed by atoms with E-state index in [2.05, 4.69) is 11.4 Å². The molecule has 9 heteroatoms. The van der Waals surface area contributed by atoms with Gasteiger partial charge in [-0.25, -0.2) is 0 Å². The number of ether oxygens (including phenoxy) is 2. The highest BCUT2D eigenvalue weighted by Crippen LogP contribution is 2.32. The van der Waals surface area contributed by atoms with Gasteiger partial charge >= 0.3 is 0 Å². The first-order chi connectivity index (χ1) is 11.9. The average molecular weight is 358 g/mol. The molecule has 1 aliphatic heterocycles. The molecule has 0 saturated heterocycles. The molecule has 0 saturated carbocycles. The zero-order valence-corrected chi connectivity index (χ0v) is 14.0. The zero-order chi connectivity index (χ0) is 18.8. The van der Waals surface area contributed by atoms with Crippen molar-refractivity contribution in [1.82, 2.24) is 5.32 Å². The second-order valence-corrected chi connectivity index (χ2v) is 5.49. The molecule has 1 aliphatic rings. The summed E-state index contributed by atoms with van der Waals surface area (Å²) in [5.74, 6) is 1.72. The summed E-state index contributed by atoms with van der Waals surface area (Å²) in [7, 11) is 1.95. The number of hydrogen-bond acceptors (Lipinski definition) is 9. The molecule has 0 radical (unpaired) electrons. The minimum Gasteiger partial charge on any atom is -0.454 e. The highest BCUT2D eigenvalue weighted by molar-refractivity contribution is 5.58. The van der Waals surface area contributed by atoms with Gasteiger partial charge in [0.1, 0.15) is 24.6 Å². The lowest BCUT2D eigenvalue weighted by atomic mass is 10.0. The molecule has 0 amide bonds. The number of carbonyl (C=O) groups excluding carboxylic acids is 1. The van der Waals surface area contributed by atoms with Crippen molar-refractivity contribution in [3.05, 3.63) is 23.8 Å². The smallest absolute Gasteiger partial charge is 0.231 e. The minimum absolute atomic E-state index is 0.248. The number of fused-ring (bicyclic) bond motifs is 1. The number of likely N-dealkylation sites (N-methyl/N-ethyl adjacent to an activating group) is 1. The van der Waals surface area contributed by atoms with Gasteiger partial charge in [0, 0.05) is 0 Å². The molecule has 0 unspecified atom stereocenters. The number of carbonyl (C=O) groups is 1. The lowest BCUT2D eigenvalue weighted by Crippen LogP contribution is -2.49. The maximum absolute atomic E-state index is 10.0. The largest absolute Gasteiger partial charge is 0.454 e. The number of aldehydes is 1. The van der Waals surface area contributed by atoms with Crippen molar-refractivity contribution >= 4 is 6.29 Å². The number of hydrogen-bond donors (Lipinski definition) is 6. The summed E-state index contributed by atoms with van der Waals surface area (Å²) in [5.41, 5.74) is 6.32. The van der Waals surface area contributed by atoms with E-state index >= 15 is 0 Å². The molecule has 1 aromatic carbocycles. The van der Waals surface area contributed by atoms with Crippen molar-refractivity contribution in [2.24, 2.45) is 5.73 Å². The summed E-state index contributed by atoms with van der Waals surface area (Å²) >= 11 is 0. The van der Waals surface area contributed by atoms with Gasteiger partial charge in [0.2, 0.25) is 6.79 Å². The van der Waals surface area contributed by atoms with Crippen LogP contribution in [0.4, 0.5) is 0 Å². The highest BCUT2D eigenvalue weighted by Gasteiger charge is 2.28. The van der Waals surface area contributed by atoms with Gasteiger partial charge in [-0.3, -0.25) is 0 Å². The molecule has 2 rings (SSSR count). The van der Waals surface area contributed by atoms with Crippen LogP contribution in [0, 0.1) is 0 Å². The first-order valence-electron chi connectivity index (χ1n) is 7.83. The van der Waals surface area contributed by atoms with Crippen LogP contribution in [0.1, 0.15) is 5.56 Å². The van der Waals surface area contributed by atoms with Gasteiger partial charge in [-0.2, -0.15) is 0 Å². The summed E-state index contributed by atoms with van der Waals surface area (Å²) in [6, 6.07) is 4.82. The second kappa shape index (κ2) is 11.0. The first-order valence-corrected chi connectivity index (χ1v) is 7.83. The Bertz CT molecular complexity index is 529. The van der Waals surface area contributed by atoms with Crippen molar-refractivity contribution in [3.8, 4) is 11.5 Å². The Morgan fingerprint density at radius 1 is 1.24 bits per heavy atom. The molecule has 142 valence electrons. The van der Waals surface area contributed by atoms with E-state index in [-0.39, 0.29) is 6.29 Å². The van der Waals surface area contributed by atoms with E-state index < -0.39 is 31.0 Å². The monoisotopic (exact) mass is 358 g/mol. The van der Waals surface area contributed by atoms with E-state index in [1.807, 2.05) is 19.2 Å². The Morgan fingerprint density at radius 2 is 1.92 bits per heavy atom. The van der Waals surface area contributed by atoms with E-state index in [1.54, 1.807) is 0 Å². The van der Waals surface area contributed by atoms with Crippen LogP contribution in [0.3, 0.4) is 0 Å². The van der Waals surface area contributed by atoms with Gasteiger partial charge in [-0.15, -0.1) is 0 Å². The number of benzene rings is 1. The van der Waals surface area contributed by atoms with Crippen molar-refractivity contribution in [1.29, 1.82) is 0 Å². The van der Waals surface area contributed by atoms with Crippen LogP contribution >= 0.6 is 0 Å². The Hall–Kier alpha value is -1.75. The normalized spacial score (nSPS) is 17.0. The quantitative estimate of drug-likeness (QED) is 0.283. The first kappa shape index (κ1) is 21.3. The number of nitrogens with one attached hydrogen (secondary N) is 1. The topological polar surface area (TPSA) is 154 Å². The van der Waals surface area contributed by atoms with Gasteiger partial charge in [-0.05, 0) is 37.7 Å². The van der Waals surface area contributed by atoms with Crippen LogP contribution in [-0.2, 0) is 11.2 Å². The molecule has 0 aliphatic carbocycles. The number of aliphatic hydroxyl groups excluding tert-OH is 4. The Kier molecular flexibility index (Phi) is 9.35. The summed E-state index contributed by atoms with van der Waals surface area (Å²) in [4.78, 5) is 10.0. The molecule has 9 nitrogen and oxygen atoms in total. The Labute approximate surface area is 146 Å². The maximum atomic E-state index is 10.0. The third kappa shape index (κ3) is 6.58. The molecule has 0 fully saturated rings. The summed E-state index contributed by atoms with van der Waals surface area (Å²) in [6.07, 6.45) is -3.41. The number of aliphatic hydroxyl groups is 4. The van der Waals surface area contributed by atoms with Crippen molar-refractivity contribution in [2.45, 2.75) is 30.8 Å². The third-order valence-corrected chi connectivity index (χ3v) is 3.58. The molecule has 4 atom stereocenters. The molecule has 0 spiro atoms. The maximum Gasteiger partial charge on any atom is 0.231 e. The Morgan fingerprint density at radius 3 is 2.52 bits per heavy atom. The molecular weight excluding hydrogens is 332 g/mol. The second-order valence-electron chi connectivity index (χ2n) is 5.49. The molecule has 0 bridgehead atoms. The predicted molar refractivity (Wildman–Crippen MR) is 89.3 cm³/mol. The van der Waals surface area contributed by atoms with Crippen molar-refractivity contribution < 1.29 is 34.7 Å². The van der Waals surface area contributed by atoms with E-state index in [0.29, 0.717) is 6.79 Å². The average Bonchev–Trinajstić information content (AvgIpc) is 3.12. The van der Waals surface area contributed by atoms with E-state index in [1.165, 1.54) is 5.56 Å². The fourth-order valence-corrected chi connectivity index (χ4v) is 2.01. The standard InChI is InChI=1S/C10H13NO2.C6H13NO5/c1-11-5-4-8-2-3-9-10(6-8)13-7-12-9;7-3(1-8)5(11)6(12)4(10)2-9/h2-3,6,11H,4-5,7H2,1H3;1,3-6,9-12H,2,7H2/t;3-,4+,5+,6+/m.0/s1. The SMILES string of the molecule is CNCCc1ccc2c(c1)OCO2.N[C@@H](C=O)[C@@H](O)[C@H](O)[C@H](O)CO. The van der Waals surface area contributed by atoms with Crippen LogP contribution in [0.25, 0.3) is 0 Å². The number of nitrogens with two attached hydrogens (primary N) is 1. The molecule has 1 heterocycles. The number of rotatable bonds is 8. The van der Waals surface area contributed by atoms with Gasteiger partial charge < -0.3 is 45.7 Å². The van der Waals surface area contributed by atoms with Crippen molar-refractivity contribution in [3.63, 3.8) is 0 Å². The van der Waals surface area contributed by atoms with Crippen LogP contribution in [-0.4, -0.2) is 78.1 Å². The lowest BCUT2D eigenvalue weighted by molar-refractivity contribution is -0.118. The van der Waals surface area contributed by atoms with Crippen LogP contribution in [0.15, 0.2) is 18.2 Å². The third-order valence-electron chi connectivity index (χ3n) is 3.58. The van der Waals surface area contributed by atoms with Gasteiger partial charge in [0.05, 0.1) is 12.6 Å². The zero-order valence-electron chi connectivity index (χ0n) is 14.0. The summed E-state index contributed by atoms with van der Waals surface area (Å²) in [5, 5.41) is 38.3. The van der Waals surface area contributed by atoms with Gasteiger partial charge in [0.15, 0.2) is 11.5 Å². The molecular formula is C16H26N2O7. The molecule has 25 heavy (non-hydrogen) atoms. The molecule has 0 aromatic heterocycles. The lowest BCUT2D eigenvalue weighted by Gasteiger charge is -2.23. The summed E-state index contributed by atoms with van der Waals surface area (Å²) < 4.78 is 10.5. The molecule has 7 N–H and O–H groups in total. The molecule has 1 aromatic rings. The summed E-state index contributed by atoms with van der Waals surface area (Å²) in [6.45, 7) is 0.633. The van der Waals surface area contributed by atoms with Crippen LogP contribution < -0.4 is 20.5 Å². The fraction of sp³-hybridized carbons (Fsp3) is 0.562. The fourth-order valence-electron chi connectivity index (χ4n) is 2.01. The van der Waals surface area contributed by atoms with Crippen molar-refractivity contribution in [2.75, 3.05) is 27.0 Å². The van der Waals surface area contributed by atoms with Gasteiger partial charge in [0.25, 0.3) is 0 Å². The van der Waals surface area contributed by atoms with E-state index in [0.717, 1.165) is 24.5 Å². The van der Waals surface area contributed by atoms with Crippen LogP contribution in [0.5, 0.6) is 11.5 Å². The predicted octanol–water partition coefficient (Wildman–Crippen LogP) is -2.24. The highest BCUT2D eigenvalue weighted by atomic mass is 16.7. The Balaban J connectivity index is 0.000000252. The van der Waals surface area contributed by atoms with E-state index in [9.17, 15) is 4.79 Å². The van der Waals surface area contributed by atoms with Gasteiger partial charge in [-0.1, -0.05) is 6.07 Å².